The number of halogens is 2. The fourth-order valence-electron chi connectivity index (χ4n) is 3.39. The van der Waals surface area contributed by atoms with Gasteiger partial charge >= 0.3 is 12.6 Å². The second-order valence-electron chi connectivity index (χ2n) is 6.62. The van der Waals surface area contributed by atoms with E-state index in [9.17, 15) is 23.7 Å². The molecule has 0 fully saturated rings. The standard InChI is InChI=1S/C20H24F2N2O5/c1-5-13(6-2)28-19(25)16-11(3)23-12(4)18(24(26)27)17(16)14-9-7-8-10-15(14)29-20(21)22/h7-10,13,17,20,23H,5-6H2,1-4H3. The van der Waals surface area contributed by atoms with E-state index in [4.69, 9.17) is 4.74 Å². The summed E-state index contributed by atoms with van der Waals surface area (Å²) in [5, 5.41) is 14.7. The first kappa shape index (κ1) is 22.3. The lowest BCUT2D eigenvalue weighted by Gasteiger charge is -2.28. The Morgan fingerprint density at radius 3 is 2.38 bits per heavy atom. The molecule has 2 rings (SSSR count). The minimum absolute atomic E-state index is 0.000448. The Morgan fingerprint density at radius 2 is 1.83 bits per heavy atom. The number of alkyl halides is 2. The van der Waals surface area contributed by atoms with E-state index in [0.717, 1.165) is 0 Å². The molecule has 1 aliphatic heterocycles. The number of carbonyl (C=O) groups excluding carboxylic acids is 1. The van der Waals surface area contributed by atoms with E-state index in [-0.39, 0.29) is 34.4 Å². The molecule has 29 heavy (non-hydrogen) atoms. The van der Waals surface area contributed by atoms with E-state index in [1.165, 1.54) is 25.1 Å². The van der Waals surface area contributed by atoms with Gasteiger partial charge in [0.05, 0.1) is 16.2 Å². The molecule has 0 aliphatic carbocycles. The Bertz CT molecular complexity index is 847. The van der Waals surface area contributed by atoms with Crippen LogP contribution in [-0.4, -0.2) is 23.6 Å². The Labute approximate surface area is 167 Å². The highest BCUT2D eigenvalue weighted by Crippen LogP contribution is 2.42. The topological polar surface area (TPSA) is 90.7 Å². The quantitative estimate of drug-likeness (QED) is 0.386. The second-order valence-corrected chi connectivity index (χ2v) is 6.62. The van der Waals surface area contributed by atoms with Gasteiger partial charge in [0, 0.05) is 11.3 Å². The van der Waals surface area contributed by atoms with E-state index in [1.807, 2.05) is 13.8 Å². The number of ether oxygens (including phenoxy) is 2. The first-order valence-electron chi connectivity index (χ1n) is 9.28. The third kappa shape index (κ3) is 4.90. The zero-order chi connectivity index (χ0) is 21.7. The second kappa shape index (κ2) is 9.49. The number of nitro groups is 1. The number of rotatable bonds is 8. The van der Waals surface area contributed by atoms with Gasteiger partial charge < -0.3 is 14.8 Å². The molecular formula is C20H24F2N2O5. The molecule has 0 saturated heterocycles. The summed E-state index contributed by atoms with van der Waals surface area (Å²) in [6, 6.07) is 5.74. The number of dihydropyridines is 1. The highest BCUT2D eigenvalue weighted by molar-refractivity contribution is 5.92. The molecule has 0 aromatic heterocycles. The van der Waals surface area contributed by atoms with Crippen molar-refractivity contribution in [2.45, 2.75) is 59.2 Å². The van der Waals surface area contributed by atoms with Crippen LogP contribution in [0.3, 0.4) is 0 Å². The number of para-hydroxylation sites is 1. The minimum Gasteiger partial charge on any atom is -0.459 e. The Hall–Kier alpha value is -2.97. The molecule has 0 saturated carbocycles. The third-order valence-electron chi connectivity index (χ3n) is 4.77. The summed E-state index contributed by atoms with van der Waals surface area (Å²) in [6.07, 6.45) is 0.797. The number of esters is 1. The van der Waals surface area contributed by atoms with Gasteiger partial charge in [-0.3, -0.25) is 10.1 Å². The molecule has 1 aromatic carbocycles. The van der Waals surface area contributed by atoms with E-state index in [1.54, 1.807) is 13.0 Å². The van der Waals surface area contributed by atoms with Crippen LogP contribution in [0, 0.1) is 10.1 Å². The lowest BCUT2D eigenvalue weighted by molar-refractivity contribution is -0.431. The number of hydrogen-bond donors (Lipinski definition) is 1. The van der Waals surface area contributed by atoms with E-state index >= 15 is 0 Å². The van der Waals surface area contributed by atoms with Crippen LogP contribution >= 0.6 is 0 Å². The summed E-state index contributed by atoms with van der Waals surface area (Å²) >= 11 is 0. The first-order valence-corrected chi connectivity index (χ1v) is 9.28. The monoisotopic (exact) mass is 410 g/mol. The van der Waals surface area contributed by atoms with Gasteiger partial charge in [-0.05, 0) is 32.8 Å². The van der Waals surface area contributed by atoms with Crippen molar-refractivity contribution in [1.29, 1.82) is 0 Å². The molecule has 0 spiro atoms. The maximum Gasteiger partial charge on any atom is 0.387 e. The van der Waals surface area contributed by atoms with Crippen molar-refractivity contribution in [1.82, 2.24) is 5.32 Å². The lowest BCUT2D eigenvalue weighted by atomic mass is 9.83. The van der Waals surface area contributed by atoms with Gasteiger partial charge in [-0.1, -0.05) is 32.0 Å². The van der Waals surface area contributed by atoms with Crippen molar-refractivity contribution in [3.05, 3.63) is 62.6 Å². The van der Waals surface area contributed by atoms with Crippen LogP contribution in [0.15, 0.2) is 46.9 Å². The predicted octanol–water partition coefficient (Wildman–Crippen LogP) is 4.49. The molecule has 158 valence electrons. The van der Waals surface area contributed by atoms with Crippen molar-refractivity contribution in [3.8, 4) is 5.75 Å². The molecule has 7 nitrogen and oxygen atoms in total. The first-order chi connectivity index (χ1) is 13.7. The van der Waals surface area contributed by atoms with E-state index < -0.39 is 23.4 Å². The fraction of sp³-hybridized carbons (Fsp3) is 0.450. The third-order valence-corrected chi connectivity index (χ3v) is 4.77. The maximum absolute atomic E-state index is 13.0. The van der Waals surface area contributed by atoms with Gasteiger partial charge in [-0.15, -0.1) is 0 Å². The van der Waals surface area contributed by atoms with Gasteiger partial charge in [0.15, 0.2) is 0 Å². The summed E-state index contributed by atoms with van der Waals surface area (Å²) in [5.74, 6) is -2.18. The van der Waals surface area contributed by atoms with Crippen molar-refractivity contribution in [3.63, 3.8) is 0 Å². The Balaban J connectivity index is 2.65. The molecule has 1 aromatic rings. The molecule has 0 bridgehead atoms. The number of hydrogen-bond acceptors (Lipinski definition) is 6. The largest absolute Gasteiger partial charge is 0.459 e. The number of nitrogens with one attached hydrogen (secondary N) is 1. The van der Waals surface area contributed by atoms with Crippen LogP contribution < -0.4 is 10.1 Å². The van der Waals surface area contributed by atoms with E-state index in [0.29, 0.717) is 18.5 Å². The van der Waals surface area contributed by atoms with Crippen LogP contribution in [0.1, 0.15) is 52.0 Å². The average molecular weight is 410 g/mol. The van der Waals surface area contributed by atoms with Crippen LogP contribution in [-0.2, 0) is 9.53 Å². The molecular weight excluding hydrogens is 386 g/mol. The number of nitrogens with zero attached hydrogens (tertiary/aromatic N) is 1. The molecule has 0 amide bonds. The number of carbonyl (C=O) groups is 1. The lowest BCUT2D eigenvalue weighted by Crippen LogP contribution is -2.33. The van der Waals surface area contributed by atoms with Gasteiger partial charge in [-0.2, -0.15) is 8.78 Å². The summed E-state index contributed by atoms with van der Waals surface area (Å²) in [5.41, 5.74) is 0.345. The smallest absolute Gasteiger partial charge is 0.387 e. The van der Waals surface area contributed by atoms with E-state index in [2.05, 4.69) is 10.1 Å². The number of allylic oxidation sites excluding steroid dienone is 3. The zero-order valence-electron chi connectivity index (χ0n) is 16.7. The van der Waals surface area contributed by atoms with Gasteiger partial charge in [0.2, 0.25) is 0 Å². The molecule has 1 aliphatic rings. The van der Waals surface area contributed by atoms with Crippen LogP contribution in [0.2, 0.25) is 0 Å². The Morgan fingerprint density at radius 1 is 1.21 bits per heavy atom. The van der Waals surface area contributed by atoms with Crippen LogP contribution in [0.5, 0.6) is 5.75 Å². The van der Waals surface area contributed by atoms with Crippen LogP contribution in [0.4, 0.5) is 8.78 Å². The fourth-order valence-corrected chi connectivity index (χ4v) is 3.39. The normalized spacial score (nSPS) is 16.9. The summed E-state index contributed by atoms with van der Waals surface area (Å²) in [4.78, 5) is 24.2. The summed E-state index contributed by atoms with van der Waals surface area (Å²) in [7, 11) is 0. The molecule has 1 heterocycles. The van der Waals surface area contributed by atoms with Crippen LogP contribution in [0.25, 0.3) is 0 Å². The van der Waals surface area contributed by atoms with Crippen molar-refractivity contribution in [2.75, 3.05) is 0 Å². The molecule has 1 unspecified atom stereocenters. The minimum atomic E-state index is -3.12. The SMILES string of the molecule is CCC(CC)OC(=O)C1=C(C)NC(C)=C([N+](=O)[O-])C1c1ccccc1OC(F)F. The summed E-state index contributed by atoms with van der Waals surface area (Å²) in [6.45, 7) is 3.68. The van der Waals surface area contributed by atoms with Gasteiger partial charge in [0.1, 0.15) is 17.8 Å². The molecule has 9 heteroatoms. The zero-order valence-corrected chi connectivity index (χ0v) is 16.7. The highest BCUT2D eigenvalue weighted by Gasteiger charge is 2.42. The summed E-state index contributed by atoms with van der Waals surface area (Å²) < 4.78 is 35.9. The molecule has 0 radical (unpaired) electrons. The Kier molecular flexibility index (Phi) is 7.30. The highest BCUT2D eigenvalue weighted by atomic mass is 19.3. The number of benzene rings is 1. The molecule has 1 N–H and O–H groups in total. The molecule has 1 atom stereocenters. The van der Waals surface area contributed by atoms with Crippen molar-refractivity contribution in [2.24, 2.45) is 0 Å². The van der Waals surface area contributed by atoms with Gasteiger partial charge in [-0.25, -0.2) is 4.79 Å². The maximum atomic E-state index is 13.0. The average Bonchev–Trinajstić information content (AvgIpc) is 2.64. The van der Waals surface area contributed by atoms with Crippen molar-refractivity contribution < 1.29 is 28.0 Å². The van der Waals surface area contributed by atoms with Gasteiger partial charge in [0.25, 0.3) is 5.70 Å². The van der Waals surface area contributed by atoms with Crippen molar-refractivity contribution >= 4 is 5.97 Å². The predicted molar refractivity (Wildman–Crippen MR) is 102 cm³/mol.